The fraction of sp³-hybridized carbons (Fsp3) is 0.639. The molecule has 3 N–H and O–H groups in total. The quantitative estimate of drug-likeness (QED) is 0.267. The number of ether oxygens (including phenoxy) is 1. The molecule has 1 aromatic heterocycles. The number of rotatable bonds is 14. The normalized spacial score (nSPS) is 23.3. The molecule has 2 fully saturated rings. The molecule has 2 aliphatic rings. The van der Waals surface area contributed by atoms with Gasteiger partial charge in [0.2, 0.25) is 23.6 Å². The number of hydrogen-bond donors (Lipinski definition) is 3. The number of Topliss-reactive ketones (excluding diaryl/α,β-unsaturated/α-hetero) is 1. The molecule has 0 spiro atoms. The van der Waals surface area contributed by atoms with Crippen LogP contribution >= 0.6 is 0 Å². The SMILES string of the molecule is CCC(=O)CCCCC[C@H]1NC(=O)C2CCCCN2C(=O)[C@@H](C(C)CC)NC(=O)[C@@H](Cc2cn(CCOC)c3ccccc23)NC1=O. The number of aromatic nitrogens is 1. The lowest BCUT2D eigenvalue weighted by atomic mass is 9.93. The zero-order valence-electron chi connectivity index (χ0n) is 28.5. The number of piperidine rings is 1. The highest BCUT2D eigenvalue weighted by atomic mass is 16.5. The molecule has 258 valence electrons. The first kappa shape index (κ1) is 36.1. The molecule has 2 aromatic rings. The van der Waals surface area contributed by atoms with E-state index in [1.54, 1.807) is 12.0 Å². The summed E-state index contributed by atoms with van der Waals surface area (Å²) in [6, 6.07) is 4.51. The number of para-hydroxylation sites is 1. The third-order valence-electron chi connectivity index (χ3n) is 9.81. The largest absolute Gasteiger partial charge is 0.383 e. The number of carbonyl (C=O) groups is 5. The van der Waals surface area contributed by atoms with Crippen LogP contribution in [0.2, 0.25) is 0 Å². The van der Waals surface area contributed by atoms with Gasteiger partial charge in [-0.2, -0.15) is 0 Å². The minimum absolute atomic E-state index is 0.181. The van der Waals surface area contributed by atoms with Crippen molar-refractivity contribution in [3.05, 3.63) is 36.0 Å². The lowest BCUT2D eigenvalue weighted by Crippen LogP contribution is -2.64. The van der Waals surface area contributed by atoms with Crippen LogP contribution in [-0.2, 0) is 41.7 Å². The van der Waals surface area contributed by atoms with E-state index in [0.29, 0.717) is 58.2 Å². The molecule has 4 rings (SSSR count). The van der Waals surface area contributed by atoms with Gasteiger partial charge in [0, 0.05) is 56.6 Å². The van der Waals surface area contributed by atoms with Crippen molar-refractivity contribution in [2.75, 3.05) is 20.3 Å². The zero-order chi connectivity index (χ0) is 33.9. The van der Waals surface area contributed by atoms with Crippen LogP contribution in [0, 0.1) is 5.92 Å². The van der Waals surface area contributed by atoms with Gasteiger partial charge < -0.3 is 30.2 Å². The number of amides is 4. The van der Waals surface area contributed by atoms with Crippen LogP contribution in [0.25, 0.3) is 10.9 Å². The Morgan fingerprint density at radius 2 is 1.70 bits per heavy atom. The highest BCUT2D eigenvalue weighted by Gasteiger charge is 2.40. The molecular weight excluding hydrogens is 598 g/mol. The van der Waals surface area contributed by atoms with Crippen molar-refractivity contribution in [3.8, 4) is 0 Å². The predicted molar refractivity (Wildman–Crippen MR) is 181 cm³/mol. The molecule has 2 aliphatic heterocycles. The molecule has 1 aromatic carbocycles. The Morgan fingerprint density at radius 3 is 2.45 bits per heavy atom. The maximum atomic E-state index is 14.2. The first-order chi connectivity index (χ1) is 22.7. The third kappa shape index (κ3) is 9.21. The van der Waals surface area contributed by atoms with Crippen LogP contribution in [0.1, 0.15) is 90.5 Å². The number of nitrogens with zero attached hydrogens (tertiary/aromatic N) is 2. The lowest BCUT2D eigenvalue weighted by molar-refractivity contribution is -0.147. The number of hydrogen-bond acceptors (Lipinski definition) is 6. The van der Waals surface area contributed by atoms with Crippen LogP contribution in [0.15, 0.2) is 30.5 Å². The minimum Gasteiger partial charge on any atom is -0.383 e. The number of fused-ring (bicyclic) bond motifs is 2. The Balaban J connectivity index is 1.67. The van der Waals surface area contributed by atoms with E-state index in [1.807, 2.05) is 51.2 Å². The van der Waals surface area contributed by atoms with Gasteiger partial charge in [0.15, 0.2) is 0 Å². The van der Waals surface area contributed by atoms with Gasteiger partial charge in [-0.05, 0) is 49.7 Å². The first-order valence-corrected chi connectivity index (χ1v) is 17.5. The summed E-state index contributed by atoms with van der Waals surface area (Å²) >= 11 is 0. The molecule has 11 heteroatoms. The van der Waals surface area contributed by atoms with Gasteiger partial charge in [-0.25, -0.2) is 0 Å². The van der Waals surface area contributed by atoms with E-state index in [4.69, 9.17) is 4.74 Å². The van der Waals surface area contributed by atoms with E-state index in [9.17, 15) is 24.0 Å². The molecule has 3 heterocycles. The molecule has 2 unspecified atom stereocenters. The standard InChI is InChI=1S/C36H53N5O6/c1-5-24(3)32-36(46)41-19-13-12-18-31(41)35(45)37-28(16-9-7-8-14-26(42)6-2)33(43)38-29(34(44)39-32)22-25-23-40(20-21-47-4)30-17-11-10-15-27(25)30/h10-11,15,17,23-24,28-29,31-32H,5-9,12-14,16,18-22H2,1-4H3,(H,37,45)(H,38,43)(H,39,44)/t24?,28-,29-,31?,32-/m1/s1. The molecule has 4 amide bonds. The highest BCUT2D eigenvalue weighted by molar-refractivity contribution is 5.98. The van der Waals surface area contributed by atoms with Gasteiger partial charge >= 0.3 is 0 Å². The van der Waals surface area contributed by atoms with Crippen molar-refractivity contribution in [1.29, 1.82) is 0 Å². The fourth-order valence-electron chi connectivity index (χ4n) is 6.71. The maximum Gasteiger partial charge on any atom is 0.246 e. The summed E-state index contributed by atoms with van der Waals surface area (Å²) in [6.07, 6.45) is 8.35. The fourth-order valence-corrected chi connectivity index (χ4v) is 6.71. The van der Waals surface area contributed by atoms with Crippen molar-refractivity contribution < 1.29 is 28.7 Å². The summed E-state index contributed by atoms with van der Waals surface area (Å²) in [5.41, 5.74) is 1.88. The molecular formula is C36H53N5O6. The Kier molecular flexibility index (Phi) is 13.4. The molecule has 47 heavy (non-hydrogen) atoms. The van der Waals surface area contributed by atoms with E-state index < -0.39 is 36.0 Å². The Hall–Kier alpha value is -3.73. The van der Waals surface area contributed by atoms with Crippen LogP contribution in [-0.4, -0.2) is 83.3 Å². The smallest absolute Gasteiger partial charge is 0.246 e. The van der Waals surface area contributed by atoms with Gasteiger partial charge in [0.1, 0.15) is 30.0 Å². The van der Waals surface area contributed by atoms with Crippen molar-refractivity contribution in [3.63, 3.8) is 0 Å². The molecule has 0 bridgehead atoms. The average Bonchev–Trinajstić information content (AvgIpc) is 3.44. The second kappa shape index (κ2) is 17.4. The summed E-state index contributed by atoms with van der Waals surface area (Å²) in [4.78, 5) is 69.4. The van der Waals surface area contributed by atoms with Crippen molar-refractivity contribution in [2.24, 2.45) is 5.92 Å². The lowest BCUT2D eigenvalue weighted by Gasteiger charge is -2.39. The van der Waals surface area contributed by atoms with Crippen LogP contribution in [0.5, 0.6) is 0 Å². The van der Waals surface area contributed by atoms with Crippen LogP contribution in [0.3, 0.4) is 0 Å². The predicted octanol–water partition coefficient (Wildman–Crippen LogP) is 3.66. The van der Waals surface area contributed by atoms with Gasteiger partial charge in [-0.3, -0.25) is 24.0 Å². The van der Waals surface area contributed by atoms with E-state index in [1.165, 1.54) is 0 Å². The molecule has 0 saturated carbocycles. The van der Waals surface area contributed by atoms with Crippen molar-refractivity contribution in [1.82, 2.24) is 25.4 Å². The van der Waals surface area contributed by atoms with Crippen molar-refractivity contribution >= 4 is 40.3 Å². The zero-order valence-corrected chi connectivity index (χ0v) is 28.5. The highest BCUT2D eigenvalue weighted by Crippen LogP contribution is 2.25. The Morgan fingerprint density at radius 1 is 0.957 bits per heavy atom. The summed E-state index contributed by atoms with van der Waals surface area (Å²) in [7, 11) is 1.65. The third-order valence-corrected chi connectivity index (χ3v) is 9.81. The summed E-state index contributed by atoms with van der Waals surface area (Å²) in [5, 5.41) is 9.93. The van der Waals surface area contributed by atoms with E-state index in [0.717, 1.165) is 42.1 Å². The van der Waals surface area contributed by atoms with Crippen LogP contribution in [0.4, 0.5) is 0 Å². The Labute approximate surface area is 278 Å². The molecule has 0 radical (unpaired) electrons. The second-order valence-corrected chi connectivity index (χ2v) is 13.1. The van der Waals surface area contributed by atoms with Gasteiger partial charge in [0.25, 0.3) is 0 Å². The van der Waals surface area contributed by atoms with Crippen LogP contribution < -0.4 is 16.0 Å². The van der Waals surface area contributed by atoms with E-state index in [-0.39, 0.29) is 29.9 Å². The maximum absolute atomic E-state index is 14.2. The summed E-state index contributed by atoms with van der Waals surface area (Å²) in [6.45, 7) is 7.31. The summed E-state index contributed by atoms with van der Waals surface area (Å²) < 4.78 is 7.39. The van der Waals surface area contributed by atoms with E-state index >= 15 is 0 Å². The second-order valence-electron chi connectivity index (χ2n) is 13.1. The van der Waals surface area contributed by atoms with Crippen molar-refractivity contribution in [2.45, 2.75) is 122 Å². The topological polar surface area (TPSA) is 139 Å². The number of methoxy groups -OCH3 is 1. The molecule has 5 atom stereocenters. The monoisotopic (exact) mass is 651 g/mol. The average molecular weight is 652 g/mol. The first-order valence-electron chi connectivity index (χ1n) is 17.5. The number of unbranched alkanes of at least 4 members (excludes halogenated alkanes) is 2. The van der Waals surface area contributed by atoms with Gasteiger partial charge in [-0.15, -0.1) is 0 Å². The molecule has 11 nitrogen and oxygen atoms in total. The molecule has 0 aliphatic carbocycles. The minimum atomic E-state index is -0.985. The van der Waals surface area contributed by atoms with Gasteiger partial charge in [-0.1, -0.05) is 58.2 Å². The number of benzene rings is 1. The Bertz CT molecular complexity index is 1410. The molecule has 2 saturated heterocycles. The van der Waals surface area contributed by atoms with Gasteiger partial charge in [0.05, 0.1) is 6.61 Å². The number of carbonyl (C=O) groups excluding carboxylic acids is 5. The summed E-state index contributed by atoms with van der Waals surface area (Å²) in [5.74, 6) is -1.43. The number of nitrogens with one attached hydrogen (secondary N) is 3. The number of ketones is 1. The van der Waals surface area contributed by atoms with E-state index in [2.05, 4.69) is 20.5 Å².